The Morgan fingerprint density at radius 2 is 1.54 bits per heavy atom. The summed E-state index contributed by atoms with van der Waals surface area (Å²) in [6.07, 6.45) is 6.98. The minimum Gasteiger partial charge on any atom is -0.489 e. The molecule has 0 saturated carbocycles. The predicted molar refractivity (Wildman–Crippen MR) is 190 cm³/mol. The number of ether oxygens (including phenoxy) is 1. The number of fused-ring (bicyclic) bond motifs is 1. The molecule has 0 aromatic heterocycles. The average molecular weight is 647 g/mol. The van der Waals surface area contributed by atoms with Crippen molar-refractivity contribution in [1.82, 2.24) is 4.90 Å². The van der Waals surface area contributed by atoms with Gasteiger partial charge in [0.05, 0.1) is 23.7 Å². The molecule has 7 heteroatoms. The number of rotatable bonds is 14. The molecule has 3 aromatic rings. The van der Waals surface area contributed by atoms with Gasteiger partial charge in [-0.15, -0.1) is 0 Å². The molecule has 1 saturated heterocycles. The molecule has 1 fully saturated rings. The van der Waals surface area contributed by atoms with E-state index in [1.165, 1.54) is 31.7 Å². The van der Waals surface area contributed by atoms with E-state index in [1.807, 2.05) is 19.2 Å². The van der Waals surface area contributed by atoms with Crippen LogP contribution in [0.1, 0.15) is 93.9 Å². The van der Waals surface area contributed by atoms with Crippen molar-refractivity contribution >= 4 is 15.5 Å². The van der Waals surface area contributed by atoms with Gasteiger partial charge >= 0.3 is 0 Å². The van der Waals surface area contributed by atoms with E-state index in [9.17, 15) is 8.42 Å². The minimum absolute atomic E-state index is 0.00274. The third-order valence-corrected chi connectivity index (χ3v) is 12.5. The van der Waals surface area contributed by atoms with Crippen molar-refractivity contribution in [1.29, 1.82) is 0 Å². The molecule has 250 valence electrons. The lowest BCUT2D eigenvalue weighted by Crippen LogP contribution is -3.13. The first-order valence-electron chi connectivity index (χ1n) is 17.7. The molecule has 2 aliphatic heterocycles. The molecule has 0 aliphatic carbocycles. The molecule has 0 bridgehead atoms. The number of unbranched alkanes of at least 4 members (excludes halogenated alkanes) is 2. The van der Waals surface area contributed by atoms with Crippen molar-refractivity contribution in [3.05, 3.63) is 89.0 Å². The molecule has 46 heavy (non-hydrogen) atoms. The van der Waals surface area contributed by atoms with Gasteiger partial charge in [0.15, 0.2) is 9.84 Å². The predicted octanol–water partition coefficient (Wildman–Crippen LogP) is 6.70. The maximum atomic E-state index is 14.0. The zero-order chi connectivity index (χ0) is 32.6. The van der Waals surface area contributed by atoms with Gasteiger partial charge in [-0.3, -0.25) is 4.90 Å². The van der Waals surface area contributed by atoms with Crippen molar-refractivity contribution in [3.8, 4) is 5.75 Å². The molecule has 2 aliphatic rings. The highest BCUT2D eigenvalue weighted by Gasteiger charge is 2.42. The van der Waals surface area contributed by atoms with E-state index in [0.717, 1.165) is 86.2 Å². The molecule has 2 N–H and O–H groups in total. The van der Waals surface area contributed by atoms with E-state index in [-0.39, 0.29) is 17.1 Å². The summed E-state index contributed by atoms with van der Waals surface area (Å²) in [7, 11) is -1.54. The van der Waals surface area contributed by atoms with Gasteiger partial charge in [0.1, 0.15) is 18.9 Å². The first-order valence-corrected chi connectivity index (χ1v) is 19.3. The highest BCUT2D eigenvalue weighted by molar-refractivity contribution is 7.91. The lowest BCUT2D eigenvalue weighted by atomic mass is 9.70. The number of anilines is 1. The highest BCUT2D eigenvalue weighted by atomic mass is 32.2. The third kappa shape index (κ3) is 8.53. The quantitative estimate of drug-likeness (QED) is 0.204. The fourth-order valence-corrected chi connectivity index (χ4v) is 9.79. The SMILES string of the molecule is CCCCC1(CCCC)C[C@H](c2ccc(OCc3ccc(C[NH+]4CCN(CC)CC4)cc3)cc2)c2cc(NC)ccc2S(=O)(=O)C1. The summed E-state index contributed by atoms with van der Waals surface area (Å²) in [4.78, 5) is 4.70. The molecule has 0 radical (unpaired) electrons. The number of piperazine rings is 1. The smallest absolute Gasteiger partial charge is 0.179 e. The fraction of sp³-hybridized carbons (Fsp3) is 0.538. The van der Waals surface area contributed by atoms with Crippen LogP contribution in [0.4, 0.5) is 5.69 Å². The Kier molecular flexibility index (Phi) is 11.8. The number of hydrogen-bond acceptors (Lipinski definition) is 5. The first-order chi connectivity index (χ1) is 22.3. The highest BCUT2D eigenvalue weighted by Crippen LogP contribution is 2.49. The van der Waals surface area contributed by atoms with Crippen LogP contribution in [0.5, 0.6) is 5.75 Å². The Morgan fingerprint density at radius 3 is 2.15 bits per heavy atom. The molecule has 0 unspecified atom stereocenters. The number of quaternary nitrogens is 1. The van der Waals surface area contributed by atoms with Crippen LogP contribution in [0.15, 0.2) is 71.6 Å². The lowest BCUT2D eigenvalue weighted by Gasteiger charge is -2.35. The standard InChI is InChI=1S/C39H55N3O3S/c1-5-8-20-39(21-9-6-2)27-37(36-26-34(40-4)16-19-38(36)46(43,44)30-39)33-14-17-35(18-15-33)45-29-32-12-10-31(11-13-32)28-42-24-22-41(7-3)23-25-42/h10-19,26,37,40H,5-9,20-25,27-30H2,1-4H3/p+1/t37-/m1/s1. The van der Waals surface area contributed by atoms with E-state index in [0.29, 0.717) is 11.5 Å². The van der Waals surface area contributed by atoms with Crippen molar-refractivity contribution in [2.24, 2.45) is 5.41 Å². The fourth-order valence-electron chi connectivity index (χ4n) is 7.58. The maximum absolute atomic E-state index is 14.0. The second-order valence-electron chi connectivity index (χ2n) is 13.8. The van der Waals surface area contributed by atoms with Gasteiger partial charge in [-0.25, -0.2) is 8.42 Å². The number of benzene rings is 3. The van der Waals surface area contributed by atoms with E-state index in [1.54, 1.807) is 4.90 Å². The Bertz CT molecular complexity index is 1490. The first kappa shape index (κ1) is 34.5. The Morgan fingerprint density at radius 1 is 0.891 bits per heavy atom. The second-order valence-corrected chi connectivity index (χ2v) is 15.7. The van der Waals surface area contributed by atoms with Gasteiger partial charge in [-0.05, 0) is 78.2 Å². The Balaban J connectivity index is 1.32. The summed E-state index contributed by atoms with van der Waals surface area (Å²) in [6, 6.07) is 23.1. The third-order valence-electron chi connectivity index (χ3n) is 10.4. The molecule has 0 amide bonds. The number of nitrogens with zero attached hydrogens (tertiary/aromatic N) is 1. The van der Waals surface area contributed by atoms with Gasteiger partial charge in [0.2, 0.25) is 0 Å². The molecule has 5 rings (SSSR count). The second kappa shape index (κ2) is 15.8. The van der Waals surface area contributed by atoms with Crippen LogP contribution in [0.25, 0.3) is 0 Å². The Hall–Kier alpha value is -2.87. The van der Waals surface area contributed by atoms with Crippen LogP contribution < -0.4 is 15.0 Å². The van der Waals surface area contributed by atoms with Crippen molar-refractivity contribution < 1.29 is 18.1 Å². The lowest BCUT2D eigenvalue weighted by molar-refractivity contribution is -0.918. The van der Waals surface area contributed by atoms with Gasteiger partial charge in [-0.2, -0.15) is 0 Å². The van der Waals surface area contributed by atoms with Crippen molar-refractivity contribution in [2.75, 3.05) is 50.8 Å². The van der Waals surface area contributed by atoms with Crippen LogP contribution in [-0.2, 0) is 23.0 Å². The normalized spacial score (nSPS) is 19.7. The topological polar surface area (TPSA) is 63.1 Å². The van der Waals surface area contributed by atoms with Gasteiger partial charge < -0.3 is 15.0 Å². The summed E-state index contributed by atoms with van der Waals surface area (Å²) in [5, 5.41) is 3.24. The van der Waals surface area contributed by atoms with Crippen LogP contribution in [0.2, 0.25) is 0 Å². The molecule has 6 nitrogen and oxygen atoms in total. The average Bonchev–Trinajstić information content (AvgIpc) is 3.18. The van der Waals surface area contributed by atoms with Gasteiger partial charge in [-0.1, -0.05) is 82.9 Å². The number of hydrogen-bond donors (Lipinski definition) is 2. The summed E-state index contributed by atoms with van der Waals surface area (Å²) in [5.74, 6) is 1.07. The maximum Gasteiger partial charge on any atom is 0.179 e. The molecular weight excluding hydrogens is 591 g/mol. The van der Waals surface area contributed by atoms with E-state index >= 15 is 0 Å². The monoisotopic (exact) mass is 646 g/mol. The van der Waals surface area contributed by atoms with E-state index in [4.69, 9.17) is 4.74 Å². The molecule has 1 atom stereocenters. The molecule has 0 spiro atoms. The van der Waals surface area contributed by atoms with Crippen LogP contribution in [0, 0.1) is 5.41 Å². The summed E-state index contributed by atoms with van der Waals surface area (Å²) >= 11 is 0. The van der Waals surface area contributed by atoms with Crippen molar-refractivity contribution in [2.45, 2.75) is 89.7 Å². The number of likely N-dealkylation sites (N-methyl/N-ethyl adjacent to an activating group) is 1. The van der Waals surface area contributed by atoms with Gasteiger partial charge in [0, 0.05) is 37.3 Å². The molecular formula is C39H56N3O3S+. The van der Waals surface area contributed by atoms with E-state index < -0.39 is 9.84 Å². The number of sulfone groups is 1. The zero-order valence-corrected chi connectivity index (χ0v) is 29.4. The van der Waals surface area contributed by atoms with Crippen LogP contribution in [-0.4, -0.2) is 58.8 Å². The number of nitrogens with one attached hydrogen (secondary N) is 2. The van der Waals surface area contributed by atoms with Crippen LogP contribution in [0.3, 0.4) is 0 Å². The molecule has 3 aromatic carbocycles. The zero-order valence-electron chi connectivity index (χ0n) is 28.6. The minimum atomic E-state index is -3.43. The van der Waals surface area contributed by atoms with Crippen LogP contribution >= 0.6 is 0 Å². The largest absolute Gasteiger partial charge is 0.489 e. The summed E-state index contributed by atoms with van der Waals surface area (Å²) < 4.78 is 34.2. The van der Waals surface area contributed by atoms with Gasteiger partial charge in [0.25, 0.3) is 0 Å². The van der Waals surface area contributed by atoms with E-state index in [2.05, 4.69) is 85.6 Å². The summed E-state index contributed by atoms with van der Waals surface area (Å²) in [6.45, 7) is 14.2. The van der Waals surface area contributed by atoms with Crippen molar-refractivity contribution in [3.63, 3.8) is 0 Å². The summed E-state index contributed by atoms with van der Waals surface area (Å²) in [5.41, 5.74) is 5.33. The Labute approximate surface area is 278 Å². The molecule has 2 heterocycles.